The van der Waals surface area contributed by atoms with Crippen molar-refractivity contribution >= 4 is 5.69 Å². The molecule has 3 heterocycles. The third kappa shape index (κ3) is 1.67. The molecule has 4 rings (SSSR count). The standard InChI is InChI=1S/C14H11N5O2/c20-19(21)12-11(10-4-2-1-3-5-10)8-17-6-7-18-14(13(12)17)15-9-16-18/h1-5,8-9H,6-7H2. The second-order valence-electron chi connectivity index (χ2n) is 4.86. The highest BCUT2D eigenvalue weighted by Crippen LogP contribution is 2.41. The zero-order chi connectivity index (χ0) is 14.4. The maximum atomic E-state index is 11.6. The second kappa shape index (κ2) is 4.27. The third-order valence-electron chi connectivity index (χ3n) is 3.70. The molecule has 104 valence electrons. The van der Waals surface area contributed by atoms with Gasteiger partial charge in [-0.05, 0) is 5.56 Å². The maximum absolute atomic E-state index is 11.6. The van der Waals surface area contributed by atoms with Crippen LogP contribution in [-0.4, -0.2) is 24.3 Å². The van der Waals surface area contributed by atoms with E-state index in [4.69, 9.17) is 0 Å². The molecule has 3 aromatic rings. The van der Waals surface area contributed by atoms with Crippen LogP contribution in [0.1, 0.15) is 0 Å². The van der Waals surface area contributed by atoms with Gasteiger partial charge in [0.15, 0.2) is 11.5 Å². The molecule has 0 amide bonds. The van der Waals surface area contributed by atoms with Crippen molar-refractivity contribution in [3.05, 3.63) is 53.0 Å². The molecule has 0 radical (unpaired) electrons. The summed E-state index contributed by atoms with van der Waals surface area (Å²) in [6, 6.07) is 9.39. The summed E-state index contributed by atoms with van der Waals surface area (Å²) in [7, 11) is 0. The number of aryl methyl sites for hydroxylation is 2. The molecule has 0 spiro atoms. The molecule has 0 fully saturated rings. The zero-order valence-electron chi connectivity index (χ0n) is 11.0. The molecule has 0 bridgehead atoms. The molecule has 0 unspecified atom stereocenters. The molecule has 0 atom stereocenters. The Hall–Kier alpha value is -2.96. The third-order valence-corrected chi connectivity index (χ3v) is 3.70. The lowest BCUT2D eigenvalue weighted by Crippen LogP contribution is -2.17. The zero-order valence-corrected chi connectivity index (χ0v) is 11.0. The molecule has 1 aliphatic heterocycles. The molecule has 0 saturated carbocycles. The van der Waals surface area contributed by atoms with Crippen molar-refractivity contribution in [3.63, 3.8) is 0 Å². The van der Waals surface area contributed by atoms with Gasteiger partial charge >= 0.3 is 5.69 Å². The van der Waals surface area contributed by atoms with Crippen molar-refractivity contribution in [1.82, 2.24) is 19.3 Å². The van der Waals surface area contributed by atoms with Gasteiger partial charge in [-0.25, -0.2) is 9.67 Å². The average Bonchev–Trinajstić information content (AvgIpc) is 3.11. The molecular formula is C14H11N5O2. The average molecular weight is 281 g/mol. The Morgan fingerprint density at radius 3 is 2.76 bits per heavy atom. The van der Waals surface area contributed by atoms with E-state index in [2.05, 4.69) is 10.1 Å². The van der Waals surface area contributed by atoms with Crippen LogP contribution in [0.2, 0.25) is 0 Å². The van der Waals surface area contributed by atoms with E-state index >= 15 is 0 Å². The molecule has 7 heteroatoms. The van der Waals surface area contributed by atoms with Crippen LogP contribution < -0.4 is 0 Å². The Morgan fingerprint density at radius 1 is 1.19 bits per heavy atom. The first-order valence-electron chi connectivity index (χ1n) is 6.57. The highest BCUT2D eigenvalue weighted by Gasteiger charge is 2.32. The van der Waals surface area contributed by atoms with Crippen molar-refractivity contribution in [2.75, 3.05) is 0 Å². The summed E-state index contributed by atoms with van der Waals surface area (Å²) in [6.07, 6.45) is 3.27. The number of rotatable bonds is 2. The van der Waals surface area contributed by atoms with Crippen LogP contribution in [0.3, 0.4) is 0 Å². The van der Waals surface area contributed by atoms with Crippen LogP contribution in [0, 0.1) is 10.1 Å². The van der Waals surface area contributed by atoms with E-state index in [-0.39, 0.29) is 10.6 Å². The van der Waals surface area contributed by atoms with Gasteiger partial charge in [0.05, 0.1) is 17.0 Å². The predicted molar refractivity (Wildman–Crippen MR) is 75.5 cm³/mol. The Labute approximate surface area is 119 Å². The van der Waals surface area contributed by atoms with Gasteiger partial charge in [0, 0.05) is 12.7 Å². The molecular weight excluding hydrogens is 270 g/mol. The van der Waals surface area contributed by atoms with Gasteiger partial charge in [-0.2, -0.15) is 5.10 Å². The van der Waals surface area contributed by atoms with Gasteiger partial charge in [0.1, 0.15) is 6.33 Å². The number of aromatic nitrogens is 4. The van der Waals surface area contributed by atoms with Crippen molar-refractivity contribution in [3.8, 4) is 22.6 Å². The van der Waals surface area contributed by atoms with Gasteiger partial charge in [-0.1, -0.05) is 30.3 Å². The van der Waals surface area contributed by atoms with Crippen molar-refractivity contribution < 1.29 is 4.92 Å². The molecule has 21 heavy (non-hydrogen) atoms. The van der Waals surface area contributed by atoms with Crippen LogP contribution in [0.15, 0.2) is 42.9 Å². The first-order chi connectivity index (χ1) is 10.3. The molecule has 7 nitrogen and oxygen atoms in total. The van der Waals surface area contributed by atoms with Gasteiger partial charge < -0.3 is 4.57 Å². The van der Waals surface area contributed by atoms with Gasteiger partial charge in [0.2, 0.25) is 0 Å². The van der Waals surface area contributed by atoms with Crippen molar-refractivity contribution in [2.45, 2.75) is 13.1 Å². The first kappa shape index (κ1) is 11.8. The normalized spacial score (nSPS) is 12.8. The number of fused-ring (bicyclic) bond motifs is 3. The molecule has 1 aliphatic rings. The lowest BCUT2D eigenvalue weighted by molar-refractivity contribution is -0.383. The van der Waals surface area contributed by atoms with Crippen LogP contribution in [0.25, 0.3) is 22.6 Å². The molecule has 0 aliphatic carbocycles. The summed E-state index contributed by atoms with van der Waals surface area (Å²) in [4.78, 5) is 15.4. The summed E-state index contributed by atoms with van der Waals surface area (Å²) < 4.78 is 3.60. The monoisotopic (exact) mass is 281 g/mol. The van der Waals surface area contributed by atoms with Crippen LogP contribution in [0.5, 0.6) is 0 Å². The van der Waals surface area contributed by atoms with E-state index in [1.54, 1.807) is 4.68 Å². The second-order valence-corrected chi connectivity index (χ2v) is 4.86. The van der Waals surface area contributed by atoms with E-state index < -0.39 is 0 Å². The highest BCUT2D eigenvalue weighted by atomic mass is 16.6. The maximum Gasteiger partial charge on any atom is 0.306 e. The predicted octanol–water partition coefficient (Wildman–Crippen LogP) is 2.34. The van der Waals surface area contributed by atoms with Gasteiger partial charge in [-0.3, -0.25) is 10.1 Å². The largest absolute Gasteiger partial charge is 0.337 e. The number of nitrogens with zero attached hydrogens (tertiary/aromatic N) is 5. The van der Waals surface area contributed by atoms with Gasteiger partial charge in [-0.15, -0.1) is 0 Å². The number of hydrogen-bond acceptors (Lipinski definition) is 4. The minimum absolute atomic E-state index is 0.0927. The quantitative estimate of drug-likeness (QED) is 0.533. The van der Waals surface area contributed by atoms with E-state index in [0.717, 1.165) is 5.56 Å². The number of benzene rings is 1. The Balaban J connectivity index is 2.02. The molecule has 2 aromatic heterocycles. The minimum atomic E-state index is -0.335. The molecule has 1 aromatic carbocycles. The van der Waals surface area contributed by atoms with Crippen molar-refractivity contribution in [1.29, 1.82) is 0 Å². The topological polar surface area (TPSA) is 78.8 Å². The highest BCUT2D eigenvalue weighted by molar-refractivity contribution is 5.83. The van der Waals surface area contributed by atoms with E-state index in [1.807, 2.05) is 41.1 Å². The Kier molecular flexibility index (Phi) is 2.41. The molecule has 0 N–H and O–H groups in total. The lowest BCUT2D eigenvalue weighted by atomic mass is 10.1. The first-order valence-corrected chi connectivity index (χ1v) is 6.57. The van der Waals surface area contributed by atoms with E-state index in [0.29, 0.717) is 30.2 Å². The summed E-state index contributed by atoms with van der Waals surface area (Å²) in [5, 5.41) is 15.7. The van der Waals surface area contributed by atoms with Crippen LogP contribution in [-0.2, 0) is 13.1 Å². The Morgan fingerprint density at radius 2 is 2.00 bits per heavy atom. The van der Waals surface area contributed by atoms with Crippen LogP contribution in [0.4, 0.5) is 5.69 Å². The fourth-order valence-electron chi connectivity index (χ4n) is 2.78. The minimum Gasteiger partial charge on any atom is -0.337 e. The van der Waals surface area contributed by atoms with Crippen LogP contribution >= 0.6 is 0 Å². The van der Waals surface area contributed by atoms with Crippen molar-refractivity contribution in [2.24, 2.45) is 0 Å². The number of hydrogen-bond donors (Lipinski definition) is 0. The molecule has 0 saturated heterocycles. The fraction of sp³-hybridized carbons (Fsp3) is 0.143. The lowest BCUT2D eigenvalue weighted by Gasteiger charge is -2.14. The number of nitro groups is 1. The SMILES string of the molecule is O=[N+]([O-])c1c(-c2ccccc2)cn2c1-c1ncnn1CC2. The summed E-state index contributed by atoms with van der Waals surface area (Å²) in [5.74, 6) is 0.551. The van der Waals surface area contributed by atoms with E-state index in [9.17, 15) is 10.1 Å². The Bertz CT molecular complexity index is 834. The summed E-state index contributed by atoms with van der Waals surface area (Å²) >= 11 is 0. The summed E-state index contributed by atoms with van der Waals surface area (Å²) in [5.41, 5.74) is 2.07. The van der Waals surface area contributed by atoms with E-state index in [1.165, 1.54) is 6.33 Å². The smallest absolute Gasteiger partial charge is 0.306 e. The van der Waals surface area contributed by atoms with Gasteiger partial charge in [0.25, 0.3) is 0 Å². The fourth-order valence-corrected chi connectivity index (χ4v) is 2.78. The summed E-state index contributed by atoms with van der Waals surface area (Å²) in [6.45, 7) is 1.32.